The van der Waals surface area contributed by atoms with Crippen LogP contribution in [0.5, 0.6) is 5.75 Å². The van der Waals surface area contributed by atoms with Gasteiger partial charge in [-0.3, -0.25) is 4.79 Å². The third-order valence-corrected chi connectivity index (χ3v) is 4.67. The van der Waals surface area contributed by atoms with Crippen molar-refractivity contribution in [3.63, 3.8) is 0 Å². The SMILES string of the molecule is CC(OC=O)c1cn(Cc2ccc(F)c(C(F)(F)F)c2)c2cc(Cl)c(O)cc12. The number of hydrogen-bond acceptors (Lipinski definition) is 3. The molecule has 0 aliphatic carbocycles. The highest BCUT2D eigenvalue weighted by atomic mass is 35.5. The fraction of sp³-hybridized carbons (Fsp3) is 0.211. The van der Waals surface area contributed by atoms with E-state index in [1.807, 2.05) is 0 Å². The van der Waals surface area contributed by atoms with Crippen LogP contribution >= 0.6 is 11.6 Å². The van der Waals surface area contributed by atoms with Crippen molar-refractivity contribution in [1.29, 1.82) is 0 Å². The molecule has 0 amide bonds. The van der Waals surface area contributed by atoms with E-state index in [1.54, 1.807) is 17.7 Å². The number of hydrogen-bond donors (Lipinski definition) is 1. The molecule has 0 saturated heterocycles. The molecule has 0 saturated carbocycles. The third kappa shape index (κ3) is 3.77. The molecule has 148 valence electrons. The third-order valence-electron chi connectivity index (χ3n) is 4.37. The second-order valence-electron chi connectivity index (χ2n) is 6.22. The standard InChI is InChI=1S/C19H14ClF4NO3/c1-10(28-9-26)13-8-25(17-6-15(20)18(27)5-12(13)17)7-11-2-3-16(21)14(4-11)19(22,23)24/h2-6,8-10,27H,7H2,1H3. The van der Waals surface area contributed by atoms with E-state index in [1.165, 1.54) is 18.2 Å². The normalized spacial score (nSPS) is 12.9. The zero-order valence-electron chi connectivity index (χ0n) is 14.4. The maximum Gasteiger partial charge on any atom is 0.419 e. The number of carbonyl (C=O) groups is 1. The first-order valence-corrected chi connectivity index (χ1v) is 8.45. The van der Waals surface area contributed by atoms with E-state index in [0.717, 1.165) is 12.1 Å². The van der Waals surface area contributed by atoms with Gasteiger partial charge in [0.15, 0.2) is 0 Å². The first-order chi connectivity index (χ1) is 13.1. The van der Waals surface area contributed by atoms with E-state index in [4.69, 9.17) is 16.3 Å². The van der Waals surface area contributed by atoms with Crippen LogP contribution in [0.4, 0.5) is 17.6 Å². The first kappa shape index (κ1) is 20.0. The molecule has 0 aliphatic heterocycles. The van der Waals surface area contributed by atoms with Crippen LogP contribution in [-0.2, 0) is 22.3 Å². The zero-order valence-corrected chi connectivity index (χ0v) is 15.2. The van der Waals surface area contributed by atoms with Crippen molar-refractivity contribution in [2.75, 3.05) is 0 Å². The summed E-state index contributed by atoms with van der Waals surface area (Å²) in [4.78, 5) is 10.7. The number of halogens is 5. The highest BCUT2D eigenvalue weighted by molar-refractivity contribution is 6.32. The lowest BCUT2D eigenvalue weighted by Crippen LogP contribution is -2.09. The summed E-state index contributed by atoms with van der Waals surface area (Å²) < 4.78 is 59.0. The molecule has 4 nitrogen and oxygen atoms in total. The summed E-state index contributed by atoms with van der Waals surface area (Å²) >= 11 is 5.97. The van der Waals surface area contributed by atoms with Crippen LogP contribution in [0.1, 0.15) is 29.7 Å². The molecule has 1 atom stereocenters. The van der Waals surface area contributed by atoms with Crippen LogP contribution in [-0.4, -0.2) is 16.1 Å². The molecule has 0 bridgehead atoms. The van der Waals surface area contributed by atoms with Gasteiger partial charge in [-0.25, -0.2) is 4.39 Å². The number of ether oxygens (including phenoxy) is 1. The van der Waals surface area contributed by atoms with E-state index < -0.39 is 23.7 Å². The Morgan fingerprint density at radius 1 is 1.29 bits per heavy atom. The molecule has 3 rings (SSSR count). The van der Waals surface area contributed by atoms with Crippen molar-refractivity contribution in [2.24, 2.45) is 0 Å². The van der Waals surface area contributed by atoms with Crippen LogP contribution in [0, 0.1) is 5.82 Å². The van der Waals surface area contributed by atoms with Gasteiger partial charge in [0.2, 0.25) is 0 Å². The minimum absolute atomic E-state index is 0.0191. The van der Waals surface area contributed by atoms with Gasteiger partial charge in [0.1, 0.15) is 17.7 Å². The maximum absolute atomic E-state index is 13.5. The van der Waals surface area contributed by atoms with Crippen molar-refractivity contribution in [3.8, 4) is 5.75 Å². The molecule has 0 aliphatic rings. The predicted octanol–water partition coefficient (Wildman–Crippen LogP) is 5.44. The molecule has 3 aromatic rings. The summed E-state index contributed by atoms with van der Waals surface area (Å²) in [7, 11) is 0. The van der Waals surface area contributed by atoms with E-state index in [0.29, 0.717) is 16.5 Å². The first-order valence-electron chi connectivity index (χ1n) is 8.07. The Balaban J connectivity index is 2.11. The lowest BCUT2D eigenvalue weighted by molar-refractivity contribution is -0.140. The van der Waals surface area contributed by atoms with Crippen molar-refractivity contribution in [3.05, 3.63) is 64.1 Å². The number of rotatable bonds is 5. The van der Waals surface area contributed by atoms with Gasteiger partial charge in [0.25, 0.3) is 6.47 Å². The van der Waals surface area contributed by atoms with Gasteiger partial charge in [0.05, 0.1) is 16.1 Å². The molecular formula is C19H14ClF4NO3. The summed E-state index contributed by atoms with van der Waals surface area (Å²) in [6.07, 6.45) is -3.89. The monoisotopic (exact) mass is 415 g/mol. The van der Waals surface area contributed by atoms with Gasteiger partial charge in [-0.2, -0.15) is 13.2 Å². The van der Waals surface area contributed by atoms with E-state index >= 15 is 0 Å². The number of benzene rings is 2. The van der Waals surface area contributed by atoms with Gasteiger partial charge in [-0.05, 0) is 36.8 Å². The smallest absolute Gasteiger partial charge is 0.419 e. The van der Waals surface area contributed by atoms with E-state index in [2.05, 4.69) is 0 Å². The molecule has 1 aromatic heterocycles. The number of aromatic hydroxyl groups is 1. The summed E-state index contributed by atoms with van der Waals surface area (Å²) in [6, 6.07) is 5.61. The summed E-state index contributed by atoms with van der Waals surface area (Å²) in [5.41, 5.74) is -0.0930. The fourth-order valence-corrected chi connectivity index (χ4v) is 3.18. The van der Waals surface area contributed by atoms with Crippen molar-refractivity contribution < 1.29 is 32.2 Å². The number of nitrogens with zero attached hydrogens (tertiary/aromatic N) is 1. The highest BCUT2D eigenvalue weighted by Crippen LogP contribution is 2.36. The number of carbonyl (C=O) groups excluding carboxylic acids is 1. The number of phenolic OH excluding ortho intramolecular Hbond substituents is 1. The van der Waals surface area contributed by atoms with Crippen molar-refractivity contribution in [1.82, 2.24) is 4.57 Å². The molecule has 2 aromatic carbocycles. The van der Waals surface area contributed by atoms with Gasteiger partial charge < -0.3 is 14.4 Å². The lowest BCUT2D eigenvalue weighted by atomic mass is 10.1. The average Bonchev–Trinajstić information content (AvgIpc) is 2.94. The van der Waals surface area contributed by atoms with Crippen LogP contribution < -0.4 is 0 Å². The van der Waals surface area contributed by atoms with Crippen LogP contribution in [0.15, 0.2) is 36.5 Å². The average molecular weight is 416 g/mol. The zero-order chi connectivity index (χ0) is 20.6. The van der Waals surface area contributed by atoms with Crippen LogP contribution in [0.3, 0.4) is 0 Å². The summed E-state index contributed by atoms with van der Waals surface area (Å²) in [5.74, 6) is -1.54. The molecule has 9 heteroatoms. The topological polar surface area (TPSA) is 51.5 Å². The molecule has 28 heavy (non-hydrogen) atoms. The van der Waals surface area contributed by atoms with Crippen LogP contribution in [0.25, 0.3) is 10.9 Å². The molecule has 1 heterocycles. The Hall–Kier alpha value is -2.74. The molecule has 1 N–H and O–H groups in total. The number of aromatic nitrogens is 1. The molecule has 1 unspecified atom stereocenters. The van der Waals surface area contributed by atoms with E-state index in [-0.39, 0.29) is 29.4 Å². The molecule has 0 spiro atoms. The Kier molecular flexibility index (Phi) is 5.25. The van der Waals surface area contributed by atoms with Gasteiger partial charge in [-0.1, -0.05) is 17.7 Å². The summed E-state index contributed by atoms with van der Waals surface area (Å²) in [6.45, 7) is 1.87. The quantitative estimate of drug-likeness (QED) is 0.446. The Morgan fingerprint density at radius 2 is 2.00 bits per heavy atom. The molecular weight excluding hydrogens is 402 g/mol. The van der Waals surface area contributed by atoms with Crippen molar-refractivity contribution in [2.45, 2.75) is 25.7 Å². The second-order valence-corrected chi connectivity index (χ2v) is 6.63. The Labute approximate surface area is 161 Å². The largest absolute Gasteiger partial charge is 0.506 e. The molecule has 0 radical (unpaired) electrons. The highest BCUT2D eigenvalue weighted by Gasteiger charge is 2.34. The minimum Gasteiger partial charge on any atom is -0.506 e. The second kappa shape index (κ2) is 7.35. The Morgan fingerprint density at radius 3 is 2.64 bits per heavy atom. The number of alkyl halides is 3. The maximum atomic E-state index is 13.5. The minimum atomic E-state index is -4.81. The van der Waals surface area contributed by atoms with E-state index in [9.17, 15) is 27.5 Å². The fourth-order valence-electron chi connectivity index (χ4n) is 3.02. The van der Waals surface area contributed by atoms with Crippen LogP contribution in [0.2, 0.25) is 5.02 Å². The Bertz CT molecular complexity index is 1050. The van der Waals surface area contributed by atoms with Gasteiger partial charge in [-0.15, -0.1) is 0 Å². The summed E-state index contributed by atoms with van der Waals surface area (Å²) in [5, 5.41) is 10.5. The van der Waals surface area contributed by atoms with Crippen molar-refractivity contribution >= 4 is 29.0 Å². The lowest BCUT2D eigenvalue weighted by Gasteiger charge is -2.11. The van der Waals surface area contributed by atoms with Gasteiger partial charge in [0, 0.05) is 23.7 Å². The number of fused-ring (bicyclic) bond motifs is 1. The molecule has 0 fully saturated rings. The number of phenols is 1. The van der Waals surface area contributed by atoms with Gasteiger partial charge >= 0.3 is 6.18 Å². The predicted molar refractivity (Wildman–Crippen MR) is 94.7 cm³/mol.